The summed E-state index contributed by atoms with van der Waals surface area (Å²) in [6, 6.07) is 6.69. The average molecular weight is 325 g/mol. The number of aromatic amines is 1. The first kappa shape index (κ1) is 15.7. The molecule has 7 heteroatoms. The van der Waals surface area contributed by atoms with Gasteiger partial charge < -0.3 is 9.88 Å². The minimum Gasteiger partial charge on any atom is -0.342 e. The number of H-pyrrole nitrogens is 1. The number of nitrogens with one attached hydrogen (secondary N) is 2. The van der Waals surface area contributed by atoms with Crippen LogP contribution in [-0.2, 0) is 7.05 Å². The van der Waals surface area contributed by atoms with Crippen molar-refractivity contribution in [1.29, 1.82) is 0 Å². The lowest BCUT2D eigenvalue weighted by molar-refractivity contribution is 0.0922. The van der Waals surface area contributed by atoms with Gasteiger partial charge in [0.25, 0.3) is 5.91 Å². The summed E-state index contributed by atoms with van der Waals surface area (Å²) in [6.07, 6.45) is 0. The number of nitrogens with zero attached hydrogens (tertiary/aromatic N) is 2. The summed E-state index contributed by atoms with van der Waals surface area (Å²) in [6.45, 7) is 4.02. The molecule has 2 N–H and O–H groups in total. The summed E-state index contributed by atoms with van der Waals surface area (Å²) in [5.41, 5.74) is 0.446. The van der Waals surface area contributed by atoms with Crippen LogP contribution in [0.2, 0.25) is 5.02 Å². The van der Waals surface area contributed by atoms with Gasteiger partial charge in [0, 0.05) is 7.05 Å². The Hall–Kier alpha value is -1.66. The highest BCUT2D eigenvalue weighted by molar-refractivity contribution is 7.71. The maximum absolute atomic E-state index is 12.4. The summed E-state index contributed by atoms with van der Waals surface area (Å²) >= 11 is 11.2. The van der Waals surface area contributed by atoms with E-state index in [4.69, 9.17) is 23.8 Å². The number of hydrogen-bond acceptors (Lipinski definition) is 3. The zero-order chi connectivity index (χ0) is 15.6. The van der Waals surface area contributed by atoms with E-state index in [1.807, 2.05) is 20.9 Å². The lowest BCUT2D eigenvalue weighted by Gasteiger charge is -2.21. The summed E-state index contributed by atoms with van der Waals surface area (Å²) in [5.74, 6) is 0.615. The van der Waals surface area contributed by atoms with Crippen molar-refractivity contribution in [2.75, 3.05) is 0 Å². The molecule has 112 valence electrons. The molecule has 1 aromatic carbocycles. The number of benzene rings is 1. The van der Waals surface area contributed by atoms with Crippen LogP contribution in [0.5, 0.6) is 0 Å². The standard InChI is InChI=1S/C14H17ClN4OS/c1-8(2)11(12-17-18-14(21)19(12)3)16-13(20)9-6-4-5-7-10(9)15/h4-8,11H,1-3H3,(H,16,20)(H,18,21)/t11-/m1/s1. The van der Waals surface area contributed by atoms with Gasteiger partial charge in [0.15, 0.2) is 10.6 Å². The first-order valence-corrected chi connectivity index (χ1v) is 7.37. The van der Waals surface area contributed by atoms with Gasteiger partial charge in [-0.3, -0.25) is 9.89 Å². The molecule has 0 aliphatic rings. The first-order valence-electron chi connectivity index (χ1n) is 6.58. The number of carbonyl (C=O) groups is 1. The Kier molecular flexibility index (Phi) is 4.80. The van der Waals surface area contributed by atoms with Crippen molar-refractivity contribution in [3.05, 3.63) is 45.4 Å². The van der Waals surface area contributed by atoms with E-state index in [1.165, 1.54) is 0 Å². The fourth-order valence-corrected chi connectivity index (χ4v) is 2.39. The molecule has 0 bridgehead atoms. The second kappa shape index (κ2) is 6.41. The van der Waals surface area contributed by atoms with Crippen molar-refractivity contribution in [1.82, 2.24) is 20.1 Å². The quantitative estimate of drug-likeness (QED) is 0.848. The highest BCUT2D eigenvalue weighted by Crippen LogP contribution is 2.22. The Bertz CT molecular complexity index is 707. The van der Waals surface area contributed by atoms with Crippen LogP contribution < -0.4 is 5.32 Å². The molecule has 1 atom stereocenters. The number of halogens is 1. The Labute approximate surface area is 133 Å². The molecule has 2 rings (SSSR count). The van der Waals surface area contributed by atoms with Crippen molar-refractivity contribution in [2.24, 2.45) is 13.0 Å². The molecule has 0 radical (unpaired) electrons. The molecular formula is C14H17ClN4OS. The van der Waals surface area contributed by atoms with Crippen LogP contribution in [-0.4, -0.2) is 20.7 Å². The van der Waals surface area contributed by atoms with Crippen LogP contribution in [0, 0.1) is 10.7 Å². The van der Waals surface area contributed by atoms with E-state index in [1.54, 1.807) is 28.8 Å². The number of aromatic nitrogens is 3. The Morgan fingerprint density at radius 2 is 2.10 bits per heavy atom. The van der Waals surface area contributed by atoms with Crippen LogP contribution in [0.1, 0.15) is 36.1 Å². The predicted octanol–water partition coefficient (Wildman–Crippen LogP) is 3.26. The minimum atomic E-state index is -0.258. The third-order valence-corrected chi connectivity index (χ3v) is 3.96. The van der Waals surface area contributed by atoms with Crippen molar-refractivity contribution in [2.45, 2.75) is 19.9 Å². The van der Waals surface area contributed by atoms with E-state index >= 15 is 0 Å². The van der Waals surface area contributed by atoms with Crippen molar-refractivity contribution in [3.8, 4) is 0 Å². The van der Waals surface area contributed by atoms with E-state index in [-0.39, 0.29) is 17.9 Å². The van der Waals surface area contributed by atoms with Gasteiger partial charge in [-0.2, -0.15) is 5.10 Å². The van der Waals surface area contributed by atoms with E-state index in [9.17, 15) is 4.79 Å². The molecule has 0 aliphatic carbocycles. The number of hydrogen-bond donors (Lipinski definition) is 2. The summed E-state index contributed by atoms with van der Waals surface area (Å²) in [5, 5.41) is 10.3. The predicted molar refractivity (Wildman–Crippen MR) is 84.9 cm³/mol. The lowest BCUT2D eigenvalue weighted by atomic mass is 10.0. The molecule has 2 aromatic rings. The van der Waals surface area contributed by atoms with Gasteiger partial charge in [-0.15, -0.1) is 0 Å². The molecule has 0 saturated carbocycles. The molecule has 0 fully saturated rings. The van der Waals surface area contributed by atoms with Gasteiger partial charge in [0.1, 0.15) is 0 Å². The monoisotopic (exact) mass is 324 g/mol. The van der Waals surface area contributed by atoms with Crippen LogP contribution in [0.25, 0.3) is 0 Å². The maximum Gasteiger partial charge on any atom is 0.253 e. The van der Waals surface area contributed by atoms with Gasteiger partial charge in [-0.25, -0.2) is 0 Å². The molecule has 21 heavy (non-hydrogen) atoms. The van der Waals surface area contributed by atoms with Crippen LogP contribution in [0.4, 0.5) is 0 Å². The highest BCUT2D eigenvalue weighted by Gasteiger charge is 2.24. The topological polar surface area (TPSA) is 62.7 Å². The van der Waals surface area contributed by atoms with Crippen LogP contribution in [0.15, 0.2) is 24.3 Å². The fourth-order valence-electron chi connectivity index (χ4n) is 2.03. The van der Waals surface area contributed by atoms with Crippen molar-refractivity contribution >= 4 is 29.7 Å². The van der Waals surface area contributed by atoms with E-state index in [0.717, 1.165) is 0 Å². The van der Waals surface area contributed by atoms with Gasteiger partial charge in [-0.05, 0) is 30.3 Å². The summed E-state index contributed by atoms with van der Waals surface area (Å²) < 4.78 is 2.27. The smallest absolute Gasteiger partial charge is 0.253 e. The number of amides is 1. The molecule has 1 aromatic heterocycles. The molecular weight excluding hydrogens is 308 g/mol. The van der Waals surface area contributed by atoms with E-state index < -0.39 is 0 Å². The third-order valence-electron chi connectivity index (χ3n) is 3.26. The fraction of sp³-hybridized carbons (Fsp3) is 0.357. The summed E-state index contributed by atoms with van der Waals surface area (Å²) in [4.78, 5) is 12.4. The van der Waals surface area contributed by atoms with Gasteiger partial charge in [0.05, 0.1) is 16.6 Å². The number of carbonyl (C=O) groups excluding carboxylic acids is 1. The van der Waals surface area contributed by atoms with Crippen molar-refractivity contribution < 1.29 is 4.79 Å². The largest absolute Gasteiger partial charge is 0.342 e. The maximum atomic E-state index is 12.4. The Morgan fingerprint density at radius 3 is 2.62 bits per heavy atom. The zero-order valence-electron chi connectivity index (χ0n) is 12.1. The SMILES string of the molecule is CC(C)[C@@H](NC(=O)c1ccccc1Cl)c1n[nH]c(=S)n1C. The van der Waals surface area contributed by atoms with Crippen molar-refractivity contribution in [3.63, 3.8) is 0 Å². The second-order valence-electron chi connectivity index (χ2n) is 5.12. The van der Waals surface area contributed by atoms with Crippen LogP contribution in [0.3, 0.4) is 0 Å². The van der Waals surface area contributed by atoms with Crippen LogP contribution >= 0.6 is 23.8 Å². The minimum absolute atomic E-state index is 0.153. The average Bonchev–Trinajstić information content (AvgIpc) is 2.76. The Balaban J connectivity index is 2.30. The van der Waals surface area contributed by atoms with Gasteiger partial charge in [-0.1, -0.05) is 37.6 Å². The second-order valence-corrected chi connectivity index (χ2v) is 5.91. The van der Waals surface area contributed by atoms with E-state index in [2.05, 4.69) is 15.5 Å². The Morgan fingerprint density at radius 1 is 1.43 bits per heavy atom. The van der Waals surface area contributed by atoms with Gasteiger partial charge >= 0.3 is 0 Å². The molecule has 1 heterocycles. The molecule has 0 saturated heterocycles. The number of rotatable bonds is 4. The lowest BCUT2D eigenvalue weighted by Crippen LogP contribution is -2.33. The first-order chi connectivity index (χ1) is 9.91. The molecule has 1 amide bonds. The highest BCUT2D eigenvalue weighted by atomic mass is 35.5. The zero-order valence-corrected chi connectivity index (χ0v) is 13.6. The molecule has 0 unspecified atom stereocenters. The van der Waals surface area contributed by atoms with E-state index in [0.29, 0.717) is 21.2 Å². The summed E-state index contributed by atoms with van der Waals surface area (Å²) in [7, 11) is 1.82. The third kappa shape index (κ3) is 3.33. The normalized spacial score (nSPS) is 12.4. The van der Waals surface area contributed by atoms with Gasteiger partial charge in [0.2, 0.25) is 0 Å². The molecule has 5 nitrogen and oxygen atoms in total. The molecule has 0 spiro atoms. The molecule has 0 aliphatic heterocycles.